The molecule has 0 amide bonds. The van der Waals surface area contributed by atoms with E-state index in [0.29, 0.717) is 6.42 Å². The van der Waals surface area contributed by atoms with Gasteiger partial charge in [0.05, 0.1) is 6.61 Å². The Balaban J connectivity index is 3.99. The summed E-state index contributed by atoms with van der Waals surface area (Å²) in [5, 5.41) is 0. The first-order valence-electron chi connectivity index (χ1n) is 21.7. The van der Waals surface area contributed by atoms with Gasteiger partial charge in [0.1, 0.15) is 6.61 Å². The smallest absolute Gasteiger partial charge is 0.462 e. The van der Waals surface area contributed by atoms with Gasteiger partial charge in [-0.25, -0.2) is 4.57 Å². The second kappa shape index (κ2) is 39.9. The molecule has 0 radical (unpaired) electrons. The molecule has 0 saturated heterocycles. The predicted octanol–water partition coefficient (Wildman–Crippen LogP) is 13.6. The van der Waals surface area contributed by atoms with Gasteiger partial charge in [0.2, 0.25) is 0 Å². The van der Waals surface area contributed by atoms with Gasteiger partial charge in [-0.3, -0.25) is 18.6 Å². The Bertz CT molecular complexity index is 963. The summed E-state index contributed by atoms with van der Waals surface area (Å²) in [4.78, 5) is 34.5. The normalized spacial score (nSPS) is 13.7. The molecule has 0 spiro atoms. The quantitative estimate of drug-likeness (QED) is 0.0284. The summed E-state index contributed by atoms with van der Waals surface area (Å²) >= 11 is 0. The van der Waals surface area contributed by atoms with Crippen molar-refractivity contribution in [2.45, 2.75) is 213 Å². The lowest BCUT2D eigenvalue weighted by molar-refractivity contribution is -0.161. The zero-order chi connectivity index (χ0) is 38.9. The van der Waals surface area contributed by atoms with Crippen LogP contribution in [0.1, 0.15) is 206 Å². The molecule has 0 fully saturated rings. The largest absolute Gasteiger partial charge is 0.472 e. The summed E-state index contributed by atoms with van der Waals surface area (Å²) in [5.74, 6) is -0.819. The van der Waals surface area contributed by atoms with Crippen LogP contribution in [-0.2, 0) is 32.7 Å². The van der Waals surface area contributed by atoms with Crippen molar-refractivity contribution in [2.24, 2.45) is 0 Å². The molecule has 0 heterocycles. The molecule has 0 aliphatic heterocycles. The first kappa shape index (κ1) is 51.3. The van der Waals surface area contributed by atoms with Gasteiger partial charge in [-0.2, -0.15) is 0 Å². The molecule has 0 aliphatic carbocycles. The highest BCUT2D eigenvalue weighted by molar-refractivity contribution is 7.47. The van der Waals surface area contributed by atoms with E-state index >= 15 is 0 Å². The maximum absolute atomic E-state index is 12.5. The molecule has 2 unspecified atom stereocenters. The van der Waals surface area contributed by atoms with Crippen LogP contribution in [0.15, 0.2) is 36.5 Å². The highest BCUT2D eigenvalue weighted by Crippen LogP contribution is 2.42. The molecular weight excluding hydrogens is 687 g/mol. The molecule has 0 aromatic rings. The van der Waals surface area contributed by atoms with Crippen LogP contribution in [0, 0.1) is 0 Å². The van der Waals surface area contributed by atoms with E-state index in [0.717, 1.165) is 64.9 Å². The van der Waals surface area contributed by atoms with Crippen molar-refractivity contribution in [2.75, 3.05) is 20.3 Å². The summed E-state index contributed by atoms with van der Waals surface area (Å²) in [7, 11) is -3.21. The first-order valence-corrected chi connectivity index (χ1v) is 23.2. The number of unbranched alkanes of at least 4 members (excludes halogenated alkanes) is 23. The van der Waals surface area contributed by atoms with Gasteiger partial charge in [-0.1, -0.05) is 159 Å². The molecule has 53 heavy (non-hydrogen) atoms. The van der Waals surface area contributed by atoms with Crippen molar-refractivity contribution in [1.82, 2.24) is 0 Å². The third-order valence-electron chi connectivity index (χ3n) is 9.36. The van der Waals surface area contributed by atoms with Crippen molar-refractivity contribution < 1.29 is 37.6 Å². The van der Waals surface area contributed by atoms with Gasteiger partial charge in [0, 0.05) is 20.0 Å². The van der Waals surface area contributed by atoms with E-state index in [2.05, 4.69) is 54.8 Å². The number of carbonyl (C=O) groups excluding carboxylic acids is 2. The van der Waals surface area contributed by atoms with Crippen LogP contribution < -0.4 is 0 Å². The maximum Gasteiger partial charge on any atom is 0.472 e. The predicted molar refractivity (Wildman–Crippen MR) is 221 cm³/mol. The van der Waals surface area contributed by atoms with Crippen molar-refractivity contribution in [3.05, 3.63) is 36.5 Å². The molecule has 1 N–H and O–H groups in total. The molecule has 8 nitrogen and oxygen atoms in total. The standard InChI is InChI=1S/C44H81O8P/c1-4-6-8-10-12-14-16-18-20-21-22-23-25-26-28-30-32-34-36-38-43(45)50-40-42(41-51-53(47,48)49-3)52-44(46)39-37-35-33-31-29-27-24-19-17-15-13-11-9-7-5-2/h13,15,18-20,24,42H,4-12,14,16-17,21-23,25-41H2,1-3H3,(H,47,48)/b15-13-,20-18-,24-19-. The summed E-state index contributed by atoms with van der Waals surface area (Å²) in [6.07, 6.45) is 46.2. The highest BCUT2D eigenvalue weighted by atomic mass is 31.2. The molecule has 310 valence electrons. The fraction of sp³-hybridized carbons (Fsp3) is 0.818. The van der Waals surface area contributed by atoms with E-state index in [4.69, 9.17) is 14.0 Å². The van der Waals surface area contributed by atoms with Crippen LogP contribution in [0.25, 0.3) is 0 Å². The third kappa shape index (κ3) is 39.8. The van der Waals surface area contributed by atoms with Gasteiger partial charge in [-0.05, 0) is 70.6 Å². The van der Waals surface area contributed by atoms with Crippen molar-refractivity contribution in [3.8, 4) is 0 Å². The summed E-state index contributed by atoms with van der Waals surface area (Å²) in [6.45, 7) is 3.85. The van der Waals surface area contributed by atoms with E-state index in [1.54, 1.807) is 0 Å². The number of allylic oxidation sites excluding steroid dienone is 6. The lowest BCUT2D eigenvalue weighted by Crippen LogP contribution is -2.29. The van der Waals surface area contributed by atoms with E-state index in [1.165, 1.54) is 116 Å². The van der Waals surface area contributed by atoms with Gasteiger partial charge < -0.3 is 14.4 Å². The van der Waals surface area contributed by atoms with Gasteiger partial charge in [0.15, 0.2) is 6.10 Å². The van der Waals surface area contributed by atoms with Crippen molar-refractivity contribution >= 4 is 19.8 Å². The fourth-order valence-corrected chi connectivity index (χ4v) is 6.44. The number of hydrogen-bond acceptors (Lipinski definition) is 7. The van der Waals surface area contributed by atoms with Crippen LogP contribution in [0.5, 0.6) is 0 Å². The maximum atomic E-state index is 12.5. The molecule has 0 aliphatic rings. The highest BCUT2D eigenvalue weighted by Gasteiger charge is 2.24. The molecule has 0 bridgehead atoms. The van der Waals surface area contributed by atoms with E-state index in [-0.39, 0.29) is 25.4 Å². The van der Waals surface area contributed by atoms with Crippen LogP contribution >= 0.6 is 7.82 Å². The molecule has 0 saturated carbocycles. The minimum absolute atomic E-state index is 0.229. The van der Waals surface area contributed by atoms with Crippen LogP contribution in [-0.4, -0.2) is 43.3 Å². The minimum atomic E-state index is -4.26. The Hall–Kier alpha value is -1.73. The van der Waals surface area contributed by atoms with E-state index < -0.39 is 26.5 Å². The Labute approximate surface area is 325 Å². The molecule has 2 atom stereocenters. The van der Waals surface area contributed by atoms with Crippen molar-refractivity contribution in [1.29, 1.82) is 0 Å². The number of phosphoric acid groups is 1. The average Bonchev–Trinajstić information content (AvgIpc) is 3.15. The Morgan fingerprint density at radius 3 is 1.38 bits per heavy atom. The van der Waals surface area contributed by atoms with Crippen LogP contribution in [0.2, 0.25) is 0 Å². The number of carbonyl (C=O) groups is 2. The number of phosphoric ester groups is 1. The Morgan fingerprint density at radius 1 is 0.528 bits per heavy atom. The number of esters is 2. The molecule has 0 aromatic carbocycles. The average molecular weight is 769 g/mol. The summed E-state index contributed by atoms with van der Waals surface area (Å²) in [5.41, 5.74) is 0. The molecule has 0 aromatic heterocycles. The number of ether oxygens (including phenoxy) is 2. The Morgan fingerprint density at radius 2 is 0.906 bits per heavy atom. The zero-order valence-electron chi connectivity index (χ0n) is 34.4. The second-order valence-corrected chi connectivity index (χ2v) is 16.0. The van der Waals surface area contributed by atoms with Gasteiger partial charge >= 0.3 is 19.8 Å². The first-order chi connectivity index (χ1) is 25.8. The minimum Gasteiger partial charge on any atom is -0.462 e. The molecule has 9 heteroatoms. The van der Waals surface area contributed by atoms with Gasteiger partial charge in [0.25, 0.3) is 0 Å². The third-order valence-corrected chi connectivity index (χ3v) is 10.3. The Kier molecular flexibility index (Phi) is 38.6. The molecule has 0 rings (SSSR count). The van der Waals surface area contributed by atoms with Crippen molar-refractivity contribution in [3.63, 3.8) is 0 Å². The lowest BCUT2D eigenvalue weighted by atomic mass is 10.1. The second-order valence-electron chi connectivity index (χ2n) is 14.5. The van der Waals surface area contributed by atoms with Gasteiger partial charge in [-0.15, -0.1) is 0 Å². The fourth-order valence-electron chi connectivity index (χ4n) is 5.98. The van der Waals surface area contributed by atoms with E-state index in [9.17, 15) is 19.0 Å². The molecular formula is C44H81O8P. The van der Waals surface area contributed by atoms with Crippen LogP contribution in [0.4, 0.5) is 0 Å². The number of rotatable bonds is 40. The lowest BCUT2D eigenvalue weighted by Gasteiger charge is -2.19. The van der Waals surface area contributed by atoms with E-state index in [1.807, 2.05) is 0 Å². The van der Waals surface area contributed by atoms with Crippen LogP contribution in [0.3, 0.4) is 0 Å². The SMILES string of the molecule is CCCCC/C=C\C/C=C\CCCCCCCC(=O)OC(COC(=O)CCCCCCCCCCC/C=C\CCCCCCCC)COP(=O)(O)OC. The monoisotopic (exact) mass is 769 g/mol. The topological polar surface area (TPSA) is 108 Å². The number of hydrogen-bond donors (Lipinski definition) is 1. The summed E-state index contributed by atoms with van der Waals surface area (Å²) < 4.78 is 32.0. The summed E-state index contributed by atoms with van der Waals surface area (Å²) in [6, 6.07) is 0. The zero-order valence-corrected chi connectivity index (χ0v) is 35.3.